The van der Waals surface area contributed by atoms with Crippen molar-refractivity contribution in [1.29, 1.82) is 0 Å². The maximum Gasteiger partial charge on any atom is 0.256 e. The summed E-state index contributed by atoms with van der Waals surface area (Å²) < 4.78 is 11.9. The fourth-order valence-electron chi connectivity index (χ4n) is 1.24. The van der Waals surface area contributed by atoms with Gasteiger partial charge in [0.1, 0.15) is 11.5 Å². The molecule has 0 saturated carbocycles. The zero-order valence-corrected chi connectivity index (χ0v) is 9.52. The van der Waals surface area contributed by atoms with Crippen LogP contribution in [-0.2, 0) is 4.74 Å². The van der Waals surface area contributed by atoms with Crippen molar-refractivity contribution < 1.29 is 9.47 Å². The number of nitrogens with zero attached hydrogens (tertiary/aromatic N) is 4. The number of aromatic nitrogens is 4. The minimum absolute atomic E-state index is 0.335. The third-order valence-corrected chi connectivity index (χ3v) is 2.12. The van der Waals surface area contributed by atoms with Gasteiger partial charge in [0.15, 0.2) is 0 Å². The Morgan fingerprint density at radius 1 is 1.44 bits per heavy atom. The summed E-state index contributed by atoms with van der Waals surface area (Å²) in [5.41, 5.74) is 0. The van der Waals surface area contributed by atoms with Crippen molar-refractivity contribution in [2.75, 3.05) is 20.3 Å². The van der Waals surface area contributed by atoms with Crippen LogP contribution in [0.1, 0.15) is 6.42 Å². The van der Waals surface area contributed by atoms with Crippen LogP contribution in [0.15, 0.2) is 12.4 Å². The molecule has 2 aromatic heterocycles. The van der Waals surface area contributed by atoms with E-state index in [0.717, 1.165) is 6.42 Å². The molecule has 0 aliphatic carbocycles. The van der Waals surface area contributed by atoms with Crippen molar-refractivity contribution in [2.24, 2.45) is 0 Å². The summed E-state index contributed by atoms with van der Waals surface area (Å²) >= 11 is 5.82. The van der Waals surface area contributed by atoms with E-state index in [4.69, 9.17) is 21.1 Å². The minimum Gasteiger partial charge on any atom is -0.477 e. The van der Waals surface area contributed by atoms with Gasteiger partial charge in [-0.1, -0.05) is 11.6 Å². The quantitative estimate of drug-likeness (QED) is 0.582. The van der Waals surface area contributed by atoms with Crippen LogP contribution in [0.2, 0.25) is 5.15 Å². The standard InChI is InChI=1S/C9H11ClN4O2/c1-15-3-2-4-16-8-5-7(10)13-9-11-6-12-14(8)9/h5-6H,2-4H2,1H3. The van der Waals surface area contributed by atoms with E-state index in [1.807, 2.05) is 0 Å². The molecule has 0 aromatic carbocycles. The van der Waals surface area contributed by atoms with Gasteiger partial charge in [0.25, 0.3) is 5.78 Å². The molecule has 0 fully saturated rings. The lowest BCUT2D eigenvalue weighted by molar-refractivity contribution is 0.169. The number of rotatable bonds is 5. The van der Waals surface area contributed by atoms with Crippen LogP contribution in [0, 0.1) is 0 Å². The molecule has 0 saturated heterocycles. The Kier molecular flexibility index (Phi) is 3.53. The Bertz CT molecular complexity index is 473. The molecular formula is C9H11ClN4O2. The van der Waals surface area contributed by atoms with Gasteiger partial charge in [0.05, 0.1) is 6.61 Å². The van der Waals surface area contributed by atoms with Crippen molar-refractivity contribution in [3.05, 3.63) is 17.5 Å². The second-order valence-electron chi connectivity index (χ2n) is 3.08. The molecule has 16 heavy (non-hydrogen) atoms. The fourth-order valence-corrected chi connectivity index (χ4v) is 1.41. The van der Waals surface area contributed by atoms with Gasteiger partial charge in [-0.25, -0.2) is 0 Å². The summed E-state index contributed by atoms with van der Waals surface area (Å²) in [5.74, 6) is 0.956. The first-order valence-corrected chi connectivity index (χ1v) is 5.17. The minimum atomic E-state index is 0.335. The van der Waals surface area contributed by atoms with E-state index in [0.29, 0.717) is 30.0 Å². The third kappa shape index (κ3) is 2.40. The van der Waals surface area contributed by atoms with Crippen molar-refractivity contribution in [1.82, 2.24) is 19.6 Å². The Hall–Kier alpha value is -1.40. The first-order valence-electron chi connectivity index (χ1n) is 4.79. The molecular weight excluding hydrogens is 232 g/mol. The SMILES string of the molecule is COCCCOc1cc(Cl)nc2ncnn12. The molecule has 0 aliphatic rings. The third-order valence-electron chi connectivity index (χ3n) is 1.93. The number of hydrogen-bond acceptors (Lipinski definition) is 5. The van der Waals surface area contributed by atoms with Crippen molar-refractivity contribution in [3.8, 4) is 5.88 Å². The molecule has 0 amide bonds. The number of halogens is 1. The lowest BCUT2D eigenvalue weighted by Gasteiger charge is -2.06. The van der Waals surface area contributed by atoms with Crippen LogP contribution < -0.4 is 4.74 Å². The largest absolute Gasteiger partial charge is 0.477 e. The Balaban J connectivity index is 2.12. The molecule has 0 unspecified atom stereocenters. The molecule has 2 heterocycles. The molecule has 6 nitrogen and oxygen atoms in total. The lowest BCUT2D eigenvalue weighted by Crippen LogP contribution is -2.06. The van der Waals surface area contributed by atoms with Gasteiger partial charge in [0.2, 0.25) is 5.88 Å². The van der Waals surface area contributed by atoms with Crippen LogP contribution in [0.25, 0.3) is 5.78 Å². The van der Waals surface area contributed by atoms with Gasteiger partial charge in [-0.15, -0.1) is 0 Å². The highest BCUT2D eigenvalue weighted by Gasteiger charge is 2.06. The topological polar surface area (TPSA) is 61.5 Å². The average Bonchev–Trinajstić information content (AvgIpc) is 2.72. The molecule has 86 valence electrons. The molecule has 0 bridgehead atoms. The van der Waals surface area contributed by atoms with Crippen molar-refractivity contribution in [3.63, 3.8) is 0 Å². The number of methoxy groups -OCH3 is 1. The number of ether oxygens (including phenoxy) is 2. The Labute approximate surface area is 97.2 Å². The van der Waals surface area contributed by atoms with Crippen molar-refractivity contribution >= 4 is 17.4 Å². The average molecular weight is 243 g/mol. The monoisotopic (exact) mass is 242 g/mol. The highest BCUT2D eigenvalue weighted by atomic mass is 35.5. The molecule has 0 spiro atoms. The summed E-state index contributed by atoms with van der Waals surface area (Å²) in [7, 11) is 1.65. The lowest BCUT2D eigenvalue weighted by atomic mass is 10.5. The summed E-state index contributed by atoms with van der Waals surface area (Å²) in [6.07, 6.45) is 2.20. The van der Waals surface area contributed by atoms with Gasteiger partial charge in [-0.05, 0) is 0 Å². The van der Waals surface area contributed by atoms with Crippen LogP contribution in [-0.4, -0.2) is 39.9 Å². The van der Waals surface area contributed by atoms with E-state index in [1.54, 1.807) is 13.2 Å². The maximum atomic E-state index is 5.82. The normalized spacial score (nSPS) is 10.9. The van der Waals surface area contributed by atoms with Gasteiger partial charge in [-0.2, -0.15) is 19.6 Å². The summed E-state index contributed by atoms with van der Waals surface area (Å²) in [6, 6.07) is 1.61. The van der Waals surface area contributed by atoms with E-state index < -0.39 is 0 Å². The van der Waals surface area contributed by atoms with E-state index in [-0.39, 0.29) is 0 Å². The zero-order chi connectivity index (χ0) is 11.4. The summed E-state index contributed by atoms with van der Waals surface area (Å²) in [4.78, 5) is 7.93. The molecule has 7 heteroatoms. The van der Waals surface area contributed by atoms with E-state index in [2.05, 4.69) is 15.1 Å². The maximum absolute atomic E-state index is 5.82. The van der Waals surface area contributed by atoms with Crippen molar-refractivity contribution in [2.45, 2.75) is 6.42 Å². The van der Waals surface area contributed by atoms with Crippen LogP contribution in [0.4, 0.5) is 0 Å². The Morgan fingerprint density at radius 2 is 2.31 bits per heavy atom. The first-order chi connectivity index (χ1) is 7.81. The van der Waals surface area contributed by atoms with Gasteiger partial charge in [-0.3, -0.25) is 0 Å². The fraction of sp³-hybridized carbons (Fsp3) is 0.444. The molecule has 0 radical (unpaired) electrons. The van der Waals surface area contributed by atoms with Gasteiger partial charge >= 0.3 is 0 Å². The van der Waals surface area contributed by atoms with E-state index in [1.165, 1.54) is 10.8 Å². The van der Waals surface area contributed by atoms with Gasteiger partial charge < -0.3 is 9.47 Å². The first kappa shape index (κ1) is 11.1. The summed E-state index contributed by atoms with van der Waals surface area (Å²) in [6.45, 7) is 1.18. The second kappa shape index (κ2) is 5.09. The summed E-state index contributed by atoms with van der Waals surface area (Å²) in [5, 5.41) is 4.32. The molecule has 2 rings (SSSR count). The molecule has 2 aromatic rings. The second-order valence-corrected chi connectivity index (χ2v) is 3.47. The van der Waals surface area contributed by atoms with E-state index >= 15 is 0 Å². The zero-order valence-electron chi connectivity index (χ0n) is 8.76. The van der Waals surface area contributed by atoms with Crippen LogP contribution in [0.3, 0.4) is 0 Å². The molecule has 0 N–H and O–H groups in total. The molecule has 0 aliphatic heterocycles. The van der Waals surface area contributed by atoms with E-state index in [9.17, 15) is 0 Å². The molecule has 0 atom stereocenters. The van der Waals surface area contributed by atoms with Gasteiger partial charge in [0, 0.05) is 26.2 Å². The van der Waals surface area contributed by atoms with Crippen LogP contribution in [0.5, 0.6) is 5.88 Å². The smallest absolute Gasteiger partial charge is 0.256 e. The number of hydrogen-bond donors (Lipinski definition) is 0. The highest BCUT2D eigenvalue weighted by Crippen LogP contribution is 2.16. The van der Waals surface area contributed by atoms with Crippen LogP contribution >= 0.6 is 11.6 Å². The number of fused-ring (bicyclic) bond motifs is 1. The Morgan fingerprint density at radius 3 is 3.12 bits per heavy atom. The predicted octanol–water partition coefficient (Wildman–Crippen LogP) is 1.19. The highest BCUT2D eigenvalue weighted by molar-refractivity contribution is 6.29. The predicted molar refractivity (Wildman–Crippen MR) is 57.8 cm³/mol.